The van der Waals surface area contributed by atoms with E-state index in [0.29, 0.717) is 5.69 Å². The van der Waals surface area contributed by atoms with Gasteiger partial charge in [0.2, 0.25) is 0 Å². The molecule has 1 N–H and O–H groups in total. The van der Waals surface area contributed by atoms with Gasteiger partial charge in [-0.15, -0.1) is 22.7 Å². The van der Waals surface area contributed by atoms with Crippen LogP contribution in [0.15, 0.2) is 30.3 Å². The second kappa shape index (κ2) is 6.44. The molecular formula is C24H21NO2S2. The van der Waals surface area contributed by atoms with E-state index < -0.39 is 0 Å². The number of carbonyl (C=O) groups is 1. The lowest BCUT2D eigenvalue weighted by atomic mass is 9.98. The molecule has 0 atom stereocenters. The molecule has 3 aromatic heterocycles. The minimum atomic E-state index is -0.337. The highest BCUT2D eigenvalue weighted by atomic mass is 32.1. The van der Waals surface area contributed by atoms with Crippen LogP contribution in [0, 0.1) is 27.7 Å². The van der Waals surface area contributed by atoms with Crippen LogP contribution in [0.4, 0.5) is 0 Å². The first-order valence-corrected chi connectivity index (χ1v) is 11.2. The zero-order valence-corrected chi connectivity index (χ0v) is 18.7. The molecule has 0 saturated heterocycles. The van der Waals surface area contributed by atoms with Crippen LogP contribution >= 0.6 is 22.7 Å². The predicted octanol–water partition coefficient (Wildman–Crippen LogP) is 7.28. The van der Waals surface area contributed by atoms with Crippen LogP contribution in [0.2, 0.25) is 0 Å². The number of rotatable bonds is 2. The lowest BCUT2D eigenvalue weighted by Crippen LogP contribution is -2.03. The number of hydrogen-bond donors (Lipinski definition) is 1. The van der Waals surface area contributed by atoms with E-state index in [9.17, 15) is 4.79 Å². The molecule has 2 aromatic carbocycles. The Morgan fingerprint density at radius 2 is 1.55 bits per heavy atom. The Labute approximate surface area is 176 Å². The lowest BCUT2D eigenvalue weighted by molar-refractivity contribution is 0.0596. The van der Waals surface area contributed by atoms with Crippen molar-refractivity contribution in [3.05, 3.63) is 56.9 Å². The molecule has 0 amide bonds. The van der Waals surface area contributed by atoms with E-state index in [1.165, 1.54) is 48.2 Å². The smallest absolute Gasteiger partial charge is 0.355 e. The Bertz CT molecular complexity index is 1450. The number of esters is 1. The molecule has 3 heterocycles. The zero-order chi connectivity index (χ0) is 20.4. The third-order valence-electron chi connectivity index (χ3n) is 5.97. The fraction of sp³-hybridized carbons (Fsp3) is 0.208. The van der Waals surface area contributed by atoms with Crippen LogP contribution in [-0.2, 0) is 4.74 Å². The van der Waals surface area contributed by atoms with Gasteiger partial charge in [-0.3, -0.25) is 0 Å². The molecule has 5 heteroatoms. The number of aromatic nitrogens is 1. The summed E-state index contributed by atoms with van der Waals surface area (Å²) in [7, 11) is 1.44. The van der Waals surface area contributed by atoms with Gasteiger partial charge in [-0.2, -0.15) is 0 Å². The van der Waals surface area contributed by atoms with Crippen LogP contribution in [0.1, 0.15) is 31.4 Å². The van der Waals surface area contributed by atoms with Gasteiger partial charge >= 0.3 is 5.97 Å². The van der Waals surface area contributed by atoms with Crippen molar-refractivity contribution in [2.75, 3.05) is 7.11 Å². The molecular weight excluding hydrogens is 398 g/mol. The summed E-state index contributed by atoms with van der Waals surface area (Å²) in [5.74, 6) is -0.337. The van der Waals surface area contributed by atoms with Gasteiger partial charge < -0.3 is 9.72 Å². The van der Waals surface area contributed by atoms with Crippen molar-refractivity contribution >= 4 is 59.7 Å². The van der Waals surface area contributed by atoms with E-state index >= 15 is 0 Å². The van der Waals surface area contributed by atoms with Crippen LogP contribution in [0.5, 0.6) is 0 Å². The van der Waals surface area contributed by atoms with Crippen LogP contribution in [0.25, 0.3) is 42.2 Å². The first-order chi connectivity index (χ1) is 13.9. The maximum Gasteiger partial charge on any atom is 0.355 e. The lowest BCUT2D eigenvalue weighted by Gasteiger charge is -2.07. The molecule has 0 aliphatic rings. The predicted molar refractivity (Wildman–Crippen MR) is 125 cm³/mol. The van der Waals surface area contributed by atoms with E-state index in [4.69, 9.17) is 4.74 Å². The monoisotopic (exact) mass is 419 g/mol. The van der Waals surface area contributed by atoms with Crippen LogP contribution < -0.4 is 0 Å². The Hall–Kier alpha value is -2.63. The van der Waals surface area contributed by atoms with E-state index in [-0.39, 0.29) is 5.97 Å². The van der Waals surface area contributed by atoms with Crippen molar-refractivity contribution in [2.24, 2.45) is 0 Å². The van der Waals surface area contributed by atoms with Crippen LogP contribution in [-0.4, -0.2) is 18.1 Å². The van der Waals surface area contributed by atoms with E-state index in [2.05, 4.69) is 63.0 Å². The Balaban J connectivity index is 2.00. The van der Waals surface area contributed by atoms with Gasteiger partial charge in [0.1, 0.15) is 5.69 Å². The van der Waals surface area contributed by atoms with Gasteiger partial charge in [0.05, 0.1) is 7.11 Å². The maximum absolute atomic E-state index is 12.7. The maximum atomic E-state index is 12.7. The number of nitrogens with one attached hydrogen (secondary N) is 1. The van der Waals surface area contributed by atoms with Gasteiger partial charge in [0.25, 0.3) is 0 Å². The number of H-pyrrole nitrogens is 1. The Kier molecular flexibility index (Phi) is 4.09. The second-order valence-electron chi connectivity index (χ2n) is 7.48. The molecule has 0 radical (unpaired) electrons. The fourth-order valence-corrected chi connectivity index (χ4v) is 6.56. The fourth-order valence-electron chi connectivity index (χ4n) is 4.16. The van der Waals surface area contributed by atoms with E-state index in [1.54, 1.807) is 22.7 Å². The summed E-state index contributed by atoms with van der Waals surface area (Å²) < 4.78 is 7.59. The van der Waals surface area contributed by atoms with Crippen molar-refractivity contribution in [1.29, 1.82) is 0 Å². The number of aromatic amines is 1. The van der Waals surface area contributed by atoms with Crippen molar-refractivity contribution in [3.8, 4) is 11.1 Å². The largest absolute Gasteiger partial charge is 0.464 e. The summed E-state index contributed by atoms with van der Waals surface area (Å²) >= 11 is 3.59. The number of fused-ring (bicyclic) bond motifs is 4. The molecule has 146 valence electrons. The number of aryl methyl sites for hydroxylation is 4. The Morgan fingerprint density at radius 1 is 0.897 bits per heavy atom. The molecule has 5 rings (SSSR count). The molecule has 0 aliphatic carbocycles. The van der Waals surface area contributed by atoms with Gasteiger partial charge in [0.15, 0.2) is 0 Å². The second-order valence-corrected chi connectivity index (χ2v) is 9.93. The molecule has 0 spiro atoms. The summed E-state index contributed by atoms with van der Waals surface area (Å²) in [5, 5.41) is 3.61. The number of methoxy groups -OCH3 is 1. The molecule has 29 heavy (non-hydrogen) atoms. The van der Waals surface area contributed by atoms with Gasteiger partial charge in [-0.05, 0) is 55.7 Å². The third kappa shape index (κ3) is 2.51. The molecule has 0 fully saturated rings. The third-order valence-corrected chi connectivity index (χ3v) is 8.46. The first kappa shape index (κ1) is 18.4. The molecule has 3 nitrogen and oxygen atoms in total. The summed E-state index contributed by atoms with van der Waals surface area (Å²) in [6.07, 6.45) is 0. The number of carbonyl (C=O) groups excluding carboxylic acids is 1. The van der Waals surface area contributed by atoms with Crippen molar-refractivity contribution in [3.63, 3.8) is 0 Å². The summed E-state index contributed by atoms with van der Waals surface area (Å²) in [5.41, 5.74) is 6.14. The molecule has 5 aromatic rings. The van der Waals surface area contributed by atoms with Crippen LogP contribution in [0.3, 0.4) is 0 Å². The average molecular weight is 420 g/mol. The van der Waals surface area contributed by atoms with E-state index in [0.717, 1.165) is 22.0 Å². The Morgan fingerprint density at radius 3 is 2.24 bits per heavy atom. The quantitative estimate of drug-likeness (QED) is 0.305. The first-order valence-electron chi connectivity index (χ1n) is 9.54. The van der Waals surface area contributed by atoms with Crippen molar-refractivity contribution in [1.82, 2.24) is 4.98 Å². The summed E-state index contributed by atoms with van der Waals surface area (Å²) in [6.45, 7) is 8.65. The summed E-state index contributed by atoms with van der Waals surface area (Å²) in [6, 6.07) is 10.6. The molecule has 0 unspecified atom stereocenters. The SMILES string of the molecule is COC(=O)c1[nH]c2ccc3c(C)c(C)sc3c2c1-c1cccc2c(C)c(C)sc12. The highest BCUT2D eigenvalue weighted by molar-refractivity contribution is 7.20. The summed E-state index contributed by atoms with van der Waals surface area (Å²) in [4.78, 5) is 18.7. The number of benzene rings is 2. The van der Waals surface area contributed by atoms with E-state index in [1.807, 2.05) is 0 Å². The standard InChI is InChI=1S/C24H21NO2S2/c1-11-13(3)28-22-15(11)7-6-8-17(22)19-20-18(25-21(19)24(26)27-5)10-9-16-12(2)14(4)29-23(16)20/h6-10,25H,1-5H3. The average Bonchev–Trinajstić information content (AvgIpc) is 3.34. The highest BCUT2D eigenvalue weighted by Gasteiger charge is 2.25. The van der Waals surface area contributed by atoms with Gasteiger partial charge in [-0.1, -0.05) is 24.3 Å². The van der Waals surface area contributed by atoms with Crippen molar-refractivity contribution < 1.29 is 9.53 Å². The molecule has 0 saturated carbocycles. The molecule has 0 bridgehead atoms. The minimum absolute atomic E-state index is 0.337. The number of hydrogen-bond acceptors (Lipinski definition) is 4. The zero-order valence-electron chi connectivity index (χ0n) is 17.0. The topological polar surface area (TPSA) is 42.1 Å². The molecule has 0 aliphatic heterocycles. The minimum Gasteiger partial charge on any atom is -0.464 e. The highest BCUT2D eigenvalue weighted by Crippen LogP contribution is 2.46. The number of ether oxygens (including phenoxy) is 1. The van der Waals surface area contributed by atoms with Crippen molar-refractivity contribution in [2.45, 2.75) is 27.7 Å². The normalized spacial score (nSPS) is 11.8. The van der Waals surface area contributed by atoms with Gasteiger partial charge in [-0.25, -0.2) is 4.79 Å². The van der Waals surface area contributed by atoms with Gasteiger partial charge in [0, 0.05) is 41.2 Å². The number of thiophene rings is 2.